The minimum absolute atomic E-state index is 0.0774. The van der Waals surface area contributed by atoms with Gasteiger partial charge in [0.15, 0.2) is 0 Å². The van der Waals surface area contributed by atoms with Gasteiger partial charge in [-0.25, -0.2) is 0 Å². The third-order valence-electron chi connectivity index (χ3n) is 2.26. The fourth-order valence-corrected chi connectivity index (χ4v) is 1.58. The Morgan fingerprint density at radius 3 is 2.74 bits per heavy atom. The van der Waals surface area contributed by atoms with Gasteiger partial charge < -0.3 is 9.73 Å². The highest BCUT2D eigenvalue weighted by Crippen LogP contribution is 2.23. The lowest BCUT2D eigenvalue weighted by atomic mass is 10.2. The summed E-state index contributed by atoms with van der Waals surface area (Å²) in [6.45, 7) is 0. The molecule has 2 rings (SSSR count). The van der Waals surface area contributed by atoms with E-state index in [4.69, 9.17) is 16.0 Å². The molecule has 0 unspecified atom stereocenters. The Bertz CT molecular complexity index is 656. The van der Waals surface area contributed by atoms with Crippen LogP contribution in [0.25, 0.3) is 0 Å². The Hall–Kier alpha value is -2.41. The van der Waals surface area contributed by atoms with Crippen LogP contribution in [-0.4, -0.2) is 10.8 Å². The molecule has 1 N–H and O–H groups in total. The number of carbonyl (C=O) groups is 1. The van der Waals surface area contributed by atoms with Crippen molar-refractivity contribution in [3.63, 3.8) is 0 Å². The topological polar surface area (TPSA) is 85.4 Å². The maximum absolute atomic E-state index is 13.1. The third kappa shape index (κ3) is 2.71. The van der Waals surface area contributed by atoms with Crippen LogP contribution in [0.2, 0.25) is 5.22 Å². The molecule has 2 aromatic rings. The van der Waals surface area contributed by atoms with Crippen LogP contribution < -0.4 is 5.32 Å². The zero-order valence-electron chi connectivity index (χ0n) is 9.22. The van der Waals surface area contributed by atoms with Gasteiger partial charge in [0.05, 0.1) is 16.7 Å². The average Bonchev–Trinajstić information content (AvgIpc) is 2.77. The van der Waals surface area contributed by atoms with Crippen molar-refractivity contribution in [2.24, 2.45) is 0 Å². The lowest BCUT2D eigenvalue weighted by Crippen LogP contribution is -2.11. The van der Waals surface area contributed by atoms with Gasteiger partial charge in [0.25, 0.3) is 5.91 Å². The highest BCUT2D eigenvalue weighted by molar-refractivity contribution is 6.32. The van der Waals surface area contributed by atoms with E-state index in [2.05, 4.69) is 5.32 Å². The molecule has 0 radical (unpaired) electrons. The average molecular weight is 285 g/mol. The van der Waals surface area contributed by atoms with Crippen molar-refractivity contribution in [2.45, 2.75) is 0 Å². The Kier molecular flexibility index (Phi) is 3.48. The Morgan fingerprint density at radius 1 is 1.42 bits per heavy atom. The van der Waals surface area contributed by atoms with E-state index in [0.29, 0.717) is 0 Å². The maximum Gasteiger partial charge on any atom is 0.306 e. The quantitative estimate of drug-likeness (QED) is 0.692. The van der Waals surface area contributed by atoms with Crippen molar-refractivity contribution >= 4 is 28.9 Å². The first-order valence-electron chi connectivity index (χ1n) is 4.97. The molecule has 0 aliphatic rings. The number of halogens is 2. The molecule has 1 aromatic carbocycles. The second-order valence-corrected chi connectivity index (χ2v) is 3.83. The van der Waals surface area contributed by atoms with Crippen LogP contribution >= 0.6 is 11.6 Å². The Balaban J connectivity index is 2.25. The van der Waals surface area contributed by atoms with E-state index < -0.39 is 22.3 Å². The maximum atomic E-state index is 13.1. The molecule has 0 aliphatic heterocycles. The molecular weight excluding hydrogens is 279 g/mol. The molecule has 0 saturated heterocycles. The van der Waals surface area contributed by atoms with Crippen molar-refractivity contribution in [1.29, 1.82) is 0 Å². The van der Waals surface area contributed by atoms with E-state index in [-0.39, 0.29) is 16.5 Å². The number of nitrogens with one attached hydrogen (secondary N) is 1. The number of nitro benzene ring substituents is 1. The fourth-order valence-electron chi connectivity index (χ4n) is 1.38. The van der Waals surface area contributed by atoms with Gasteiger partial charge in [-0.05, 0) is 29.8 Å². The van der Waals surface area contributed by atoms with E-state index in [1.54, 1.807) is 0 Å². The van der Waals surface area contributed by atoms with Gasteiger partial charge >= 0.3 is 5.69 Å². The molecule has 6 nitrogen and oxygen atoms in total. The zero-order chi connectivity index (χ0) is 14.0. The van der Waals surface area contributed by atoms with E-state index >= 15 is 0 Å². The summed E-state index contributed by atoms with van der Waals surface area (Å²) in [5.41, 5.74) is -0.569. The predicted octanol–water partition coefficient (Wildman–Crippen LogP) is 3.23. The second kappa shape index (κ2) is 5.07. The van der Waals surface area contributed by atoms with Crippen molar-refractivity contribution in [3.8, 4) is 0 Å². The van der Waals surface area contributed by atoms with E-state index in [0.717, 1.165) is 12.1 Å². The minimum Gasteiger partial charge on any atom is -0.452 e. The number of amides is 1. The van der Waals surface area contributed by atoms with Crippen LogP contribution in [0.4, 0.5) is 15.8 Å². The zero-order valence-corrected chi connectivity index (χ0v) is 9.98. The van der Waals surface area contributed by atoms with E-state index in [9.17, 15) is 19.3 Å². The summed E-state index contributed by atoms with van der Waals surface area (Å²) in [5.74, 6) is -1.59. The first kappa shape index (κ1) is 13.0. The van der Waals surface area contributed by atoms with Gasteiger partial charge in [-0.2, -0.15) is 4.39 Å². The Morgan fingerprint density at radius 2 is 2.16 bits per heavy atom. The minimum atomic E-state index is -0.982. The highest BCUT2D eigenvalue weighted by atomic mass is 35.5. The standard InChI is InChI=1S/C11H6ClFN2O4/c12-10-7(3-4-19-10)11(16)14-6-1-2-8(13)9(5-6)15(17)18/h1-5H,(H,14,16). The molecule has 98 valence electrons. The van der Waals surface area contributed by atoms with E-state index in [1.807, 2.05) is 0 Å². The molecule has 1 amide bonds. The lowest BCUT2D eigenvalue weighted by Gasteiger charge is -2.04. The number of benzene rings is 1. The molecule has 0 bridgehead atoms. The molecule has 0 saturated carbocycles. The molecule has 0 spiro atoms. The molecule has 0 fully saturated rings. The molecule has 0 atom stereocenters. The molecule has 8 heteroatoms. The van der Waals surface area contributed by atoms with Crippen LogP contribution in [0, 0.1) is 15.9 Å². The number of hydrogen-bond donors (Lipinski definition) is 1. The third-order valence-corrected chi connectivity index (χ3v) is 2.56. The van der Waals surface area contributed by atoms with Crippen molar-refractivity contribution in [2.75, 3.05) is 5.32 Å². The van der Waals surface area contributed by atoms with Gasteiger partial charge in [-0.3, -0.25) is 14.9 Å². The van der Waals surface area contributed by atoms with Crippen LogP contribution in [-0.2, 0) is 0 Å². The highest BCUT2D eigenvalue weighted by Gasteiger charge is 2.17. The first-order chi connectivity index (χ1) is 8.99. The molecule has 1 aromatic heterocycles. The summed E-state index contributed by atoms with van der Waals surface area (Å²) in [6, 6.07) is 4.36. The number of nitrogens with zero attached hydrogens (tertiary/aromatic N) is 1. The van der Waals surface area contributed by atoms with Gasteiger partial charge in [-0.15, -0.1) is 0 Å². The summed E-state index contributed by atoms with van der Waals surface area (Å²) in [7, 11) is 0. The van der Waals surface area contributed by atoms with Gasteiger partial charge in [0.2, 0.25) is 11.0 Å². The summed E-state index contributed by atoms with van der Waals surface area (Å²) < 4.78 is 17.8. The lowest BCUT2D eigenvalue weighted by molar-refractivity contribution is -0.387. The molecular formula is C11H6ClFN2O4. The monoisotopic (exact) mass is 284 g/mol. The van der Waals surface area contributed by atoms with Gasteiger partial charge in [-0.1, -0.05) is 0 Å². The van der Waals surface area contributed by atoms with Crippen LogP contribution in [0.5, 0.6) is 0 Å². The predicted molar refractivity (Wildman–Crippen MR) is 64.7 cm³/mol. The summed E-state index contributed by atoms with van der Waals surface area (Å²) in [6.07, 6.45) is 1.23. The Labute approximate surface area is 110 Å². The summed E-state index contributed by atoms with van der Waals surface area (Å²) >= 11 is 5.61. The van der Waals surface area contributed by atoms with Gasteiger partial charge in [0.1, 0.15) is 0 Å². The smallest absolute Gasteiger partial charge is 0.306 e. The summed E-state index contributed by atoms with van der Waals surface area (Å²) in [4.78, 5) is 21.4. The SMILES string of the molecule is O=C(Nc1ccc(F)c([N+](=O)[O-])c1)c1ccoc1Cl. The number of anilines is 1. The molecule has 0 aliphatic carbocycles. The van der Waals surface area contributed by atoms with E-state index in [1.165, 1.54) is 18.4 Å². The fraction of sp³-hybridized carbons (Fsp3) is 0. The van der Waals surface area contributed by atoms with Gasteiger partial charge in [0, 0.05) is 11.8 Å². The largest absolute Gasteiger partial charge is 0.452 e. The number of hydrogen-bond acceptors (Lipinski definition) is 4. The van der Waals surface area contributed by atoms with Crippen molar-refractivity contribution in [3.05, 3.63) is 57.2 Å². The number of carbonyl (C=O) groups excluding carboxylic acids is 1. The number of furan rings is 1. The number of nitro groups is 1. The van der Waals surface area contributed by atoms with Crippen LogP contribution in [0.1, 0.15) is 10.4 Å². The van der Waals surface area contributed by atoms with Crippen molar-refractivity contribution < 1.29 is 18.5 Å². The van der Waals surface area contributed by atoms with Crippen LogP contribution in [0.3, 0.4) is 0 Å². The summed E-state index contributed by atoms with van der Waals surface area (Å²) in [5, 5.41) is 12.8. The van der Waals surface area contributed by atoms with Crippen LogP contribution in [0.15, 0.2) is 34.9 Å². The number of rotatable bonds is 3. The van der Waals surface area contributed by atoms with Crippen molar-refractivity contribution in [1.82, 2.24) is 0 Å². The normalized spacial score (nSPS) is 10.2. The second-order valence-electron chi connectivity index (χ2n) is 3.49. The first-order valence-corrected chi connectivity index (χ1v) is 5.35. The molecule has 19 heavy (non-hydrogen) atoms. The molecule has 1 heterocycles.